The SMILES string of the molecule is Cc1cc(N)cc(SCC(O)CO)c1. The molecular formula is C10H15NO2S. The Bertz CT molecular complexity index is 284. The van der Waals surface area contributed by atoms with Crippen molar-refractivity contribution in [2.75, 3.05) is 18.1 Å². The Morgan fingerprint density at radius 3 is 2.71 bits per heavy atom. The van der Waals surface area contributed by atoms with Crippen LogP contribution in [0, 0.1) is 6.92 Å². The fraction of sp³-hybridized carbons (Fsp3) is 0.400. The number of anilines is 1. The zero-order valence-corrected chi connectivity index (χ0v) is 8.92. The highest BCUT2D eigenvalue weighted by atomic mass is 32.2. The minimum atomic E-state index is -0.665. The summed E-state index contributed by atoms with van der Waals surface area (Å²) in [5.41, 5.74) is 7.50. The van der Waals surface area contributed by atoms with Crippen LogP contribution < -0.4 is 5.73 Å². The highest BCUT2D eigenvalue weighted by Crippen LogP contribution is 2.22. The maximum absolute atomic E-state index is 9.16. The summed E-state index contributed by atoms with van der Waals surface area (Å²) in [7, 11) is 0. The number of aliphatic hydroxyl groups excluding tert-OH is 2. The van der Waals surface area contributed by atoms with Crippen LogP contribution in [0.4, 0.5) is 5.69 Å². The molecule has 1 aromatic rings. The third kappa shape index (κ3) is 3.57. The number of aliphatic hydroxyl groups is 2. The third-order valence-electron chi connectivity index (χ3n) is 1.73. The molecule has 0 spiro atoms. The van der Waals surface area contributed by atoms with Gasteiger partial charge in [0.25, 0.3) is 0 Å². The predicted octanol–water partition coefficient (Wildman–Crippen LogP) is 1.02. The van der Waals surface area contributed by atoms with Crippen molar-refractivity contribution >= 4 is 17.4 Å². The Hall–Kier alpha value is -0.710. The number of thioether (sulfide) groups is 1. The van der Waals surface area contributed by atoms with Crippen molar-refractivity contribution in [1.82, 2.24) is 0 Å². The molecular weight excluding hydrogens is 198 g/mol. The van der Waals surface area contributed by atoms with Crippen LogP contribution in [0.3, 0.4) is 0 Å². The summed E-state index contributed by atoms with van der Waals surface area (Å²) in [4.78, 5) is 1.02. The van der Waals surface area contributed by atoms with Crippen LogP contribution in [0.25, 0.3) is 0 Å². The maximum atomic E-state index is 9.16. The van der Waals surface area contributed by atoms with Gasteiger partial charge in [0.05, 0.1) is 12.7 Å². The second-order valence-corrected chi connectivity index (χ2v) is 4.32. The van der Waals surface area contributed by atoms with Gasteiger partial charge in [0.15, 0.2) is 0 Å². The number of benzene rings is 1. The predicted molar refractivity (Wildman–Crippen MR) is 59.4 cm³/mol. The van der Waals surface area contributed by atoms with E-state index in [-0.39, 0.29) is 6.61 Å². The molecule has 0 amide bonds. The van der Waals surface area contributed by atoms with Crippen LogP contribution in [-0.4, -0.2) is 28.7 Å². The van der Waals surface area contributed by atoms with Gasteiger partial charge in [0.2, 0.25) is 0 Å². The molecule has 1 unspecified atom stereocenters. The zero-order valence-electron chi connectivity index (χ0n) is 8.10. The topological polar surface area (TPSA) is 66.5 Å². The first-order chi connectivity index (χ1) is 6.61. The minimum Gasteiger partial charge on any atom is -0.399 e. The molecule has 0 radical (unpaired) electrons. The number of hydrogen-bond donors (Lipinski definition) is 3. The van der Waals surface area contributed by atoms with Crippen LogP contribution >= 0.6 is 11.8 Å². The minimum absolute atomic E-state index is 0.200. The van der Waals surface area contributed by atoms with Crippen molar-refractivity contribution in [3.8, 4) is 0 Å². The number of rotatable bonds is 4. The van der Waals surface area contributed by atoms with Gasteiger partial charge in [-0.25, -0.2) is 0 Å². The molecule has 1 aromatic carbocycles. The number of hydrogen-bond acceptors (Lipinski definition) is 4. The zero-order chi connectivity index (χ0) is 10.6. The second kappa shape index (κ2) is 5.24. The Kier molecular flexibility index (Phi) is 4.25. The summed E-state index contributed by atoms with van der Waals surface area (Å²) in [5.74, 6) is 0.486. The van der Waals surface area contributed by atoms with Crippen molar-refractivity contribution in [1.29, 1.82) is 0 Å². The number of nitrogen functional groups attached to an aromatic ring is 1. The van der Waals surface area contributed by atoms with E-state index in [9.17, 15) is 0 Å². The number of nitrogens with two attached hydrogens (primary N) is 1. The fourth-order valence-corrected chi connectivity index (χ4v) is 2.08. The molecule has 0 fully saturated rings. The standard InChI is InChI=1S/C10H15NO2S/c1-7-2-8(11)4-10(3-7)14-6-9(13)5-12/h2-4,9,12-13H,5-6,11H2,1H3. The van der Waals surface area contributed by atoms with Crippen molar-refractivity contribution in [2.45, 2.75) is 17.9 Å². The summed E-state index contributed by atoms with van der Waals surface area (Å²) in [5, 5.41) is 17.8. The van der Waals surface area contributed by atoms with Gasteiger partial charge in [-0.1, -0.05) is 0 Å². The van der Waals surface area contributed by atoms with Crippen LogP contribution in [0.2, 0.25) is 0 Å². The summed E-state index contributed by atoms with van der Waals surface area (Å²) < 4.78 is 0. The molecule has 1 atom stereocenters. The van der Waals surface area contributed by atoms with Crippen LogP contribution in [0.5, 0.6) is 0 Å². The van der Waals surface area contributed by atoms with Gasteiger partial charge in [-0.3, -0.25) is 0 Å². The molecule has 0 aromatic heterocycles. The Balaban J connectivity index is 2.58. The summed E-state index contributed by atoms with van der Waals surface area (Å²) in [6.07, 6.45) is -0.665. The molecule has 78 valence electrons. The van der Waals surface area contributed by atoms with Gasteiger partial charge in [-0.2, -0.15) is 0 Å². The average Bonchev–Trinajstić information content (AvgIpc) is 2.12. The van der Waals surface area contributed by atoms with Crippen LogP contribution in [0.1, 0.15) is 5.56 Å². The molecule has 0 aliphatic rings. The van der Waals surface area contributed by atoms with E-state index < -0.39 is 6.10 Å². The third-order valence-corrected chi connectivity index (χ3v) is 2.85. The summed E-state index contributed by atoms with van der Waals surface area (Å²) >= 11 is 1.49. The smallest absolute Gasteiger partial charge is 0.0864 e. The van der Waals surface area contributed by atoms with E-state index in [1.807, 2.05) is 25.1 Å². The van der Waals surface area contributed by atoms with Crippen molar-refractivity contribution in [3.63, 3.8) is 0 Å². The molecule has 0 aliphatic carbocycles. The van der Waals surface area contributed by atoms with E-state index in [1.165, 1.54) is 11.8 Å². The largest absolute Gasteiger partial charge is 0.399 e. The van der Waals surface area contributed by atoms with Crippen molar-refractivity contribution < 1.29 is 10.2 Å². The molecule has 4 heteroatoms. The lowest BCUT2D eigenvalue weighted by atomic mass is 10.2. The first kappa shape index (κ1) is 11.4. The summed E-state index contributed by atoms with van der Waals surface area (Å²) in [6, 6.07) is 5.76. The molecule has 0 heterocycles. The van der Waals surface area contributed by atoms with Gasteiger partial charge in [0, 0.05) is 16.3 Å². The molecule has 0 bridgehead atoms. The van der Waals surface area contributed by atoms with Gasteiger partial charge in [-0.15, -0.1) is 11.8 Å². The Morgan fingerprint density at radius 2 is 2.14 bits per heavy atom. The first-order valence-corrected chi connectivity index (χ1v) is 5.39. The maximum Gasteiger partial charge on any atom is 0.0864 e. The average molecular weight is 213 g/mol. The van der Waals surface area contributed by atoms with E-state index in [2.05, 4.69) is 0 Å². The van der Waals surface area contributed by atoms with Crippen LogP contribution in [-0.2, 0) is 0 Å². The van der Waals surface area contributed by atoms with Crippen LogP contribution in [0.15, 0.2) is 23.1 Å². The van der Waals surface area contributed by atoms with Gasteiger partial charge in [0.1, 0.15) is 0 Å². The highest BCUT2D eigenvalue weighted by Gasteiger charge is 2.03. The fourth-order valence-electron chi connectivity index (χ4n) is 1.11. The molecule has 1 rings (SSSR count). The number of aryl methyl sites for hydroxylation is 1. The molecule has 4 N–H and O–H groups in total. The lowest BCUT2D eigenvalue weighted by Crippen LogP contribution is -2.14. The van der Waals surface area contributed by atoms with E-state index in [0.29, 0.717) is 5.75 Å². The monoisotopic (exact) mass is 213 g/mol. The van der Waals surface area contributed by atoms with Gasteiger partial charge < -0.3 is 15.9 Å². The van der Waals surface area contributed by atoms with Gasteiger partial charge >= 0.3 is 0 Å². The quantitative estimate of drug-likeness (QED) is 0.516. The van der Waals surface area contributed by atoms with E-state index in [1.54, 1.807) is 0 Å². The van der Waals surface area contributed by atoms with E-state index in [4.69, 9.17) is 15.9 Å². The first-order valence-electron chi connectivity index (χ1n) is 4.40. The van der Waals surface area contributed by atoms with Gasteiger partial charge in [-0.05, 0) is 30.7 Å². The van der Waals surface area contributed by atoms with E-state index in [0.717, 1.165) is 16.1 Å². The lowest BCUT2D eigenvalue weighted by Gasteiger charge is -2.07. The normalized spacial score (nSPS) is 12.8. The summed E-state index contributed by atoms with van der Waals surface area (Å²) in [6.45, 7) is 1.77. The second-order valence-electron chi connectivity index (χ2n) is 3.23. The molecule has 0 aliphatic heterocycles. The van der Waals surface area contributed by atoms with E-state index >= 15 is 0 Å². The Labute approximate surface area is 87.9 Å². The molecule has 0 saturated heterocycles. The highest BCUT2D eigenvalue weighted by molar-refractivity contribution is 7.99. The molecule has 0 saturated carbocycles. The molecule has 14 heavy (non-hydrogen) atoms. The Morgan fingerprint density at radius 1 is 1.43 bits per heavy atom. The van der Waals surface area contributed by atoms with Crippen molar-refractivity contribution in [3.05, 3.63) is 23.8 Å². The lowest BCUT2D eigenvalue weighted by molar-refractivity contribution is 0.113. The van der Waals surface area contributed by atoms with Crippen molar-refractivity contribution in [2.24, 2.45) is 0 Å². The molecule has 3 nitrogen and oxygen atoms in total.